The van der Waals surface area contributed by atoms with E-state index in [1.54, 1.807) is 11.8 Å². The Hall–Kier alpha value is -1.46. The van der Waals surface area contributed by atoms with E-state index in [1.165, 1.54) is 11.2 Å². The van der Waals surface area contributed by atoms with E-state index in [9.17, 15) is 0 Å². The molecule has 0 radical (unpaired) electrons. The molecule has 94 valence electrons. The minimum absolute atomic E-state index is 0.281. The highest BCUT2D eigenvalue weighted by atomic mass is 35.5. The maximum absolute atomic E-state index is 5.80. The Kier molecular flexibility index (Phi) is 4.66. The first-order chi connectivity index (χ1) is 8.77. The van der Waals surface area contributed by atoms with Crippen LogP contribution in [0.15, 0.2) is 41.6 Å². The van der Waals surface area contributed by atoms with Crippen molar-refractivity contribution in [2.24, 2.45) is 0 Å². The van der Waals surface area contributed by atoms with Crippen LogP contribution in [0.5, 0.6) is 0 Å². The molecule has 0 spiro atoms. The van der Waals surface area contributed by atoms with E-state index in [2.05, 4.69) is 27.4 Å². The molecule has 0 saturated carbocycles. The second-order valence-electron chi connectivity index (χ2n) is 3.52. The summed E-state index contributed by atoms with van der Waals surface area (Å²) in [6.07, 6.45) is 1.39. The second-order valence-corrected chi connectivity index (χ2v) is 5.04. The molecular weight excluding hydrogens is 268 g/mol. The lowest BCUT2D eigenvalue weighted by Crippen LogP contribution is -2.08. The molecule has 2 aromatic rings. The standard InChI is InChI=1S/C12H13ClN4S/c13-11-10(14)12(17-8-16-11)15-6-7-18-9-4-2-1-3-5-9/h1-5,8H,6-7,14H2,(H,15,16,17). The Morgan fingerprint density at radius 1 is 1.22 bits per heavy atom. The number of benzene rings is 1. The van der Waals surface area contributed by atoms with E-state index >= 15 is 0 Å². The first-order valence-electron chi connectivity index (χ1n) is 5.45. The molecule has 0 bridgehead atoms. The zero-order chi connectivity index (χ0) is 12.8. The van der Waals surface area contributed by atoms with Crippen LogP contribution in [0.4, 0.5) is 11.5 Å². The largest absolute Gasteiger partial charge is 0.393 e. The highest BCUT2D eigenvalue weighted by Crippen LogP contribution is 2.22. The van der Waals surface area contributed by atoms with Gasteiger partial charge < -0.3 is 11.1 Å². The Balaban J connectivity index is 1.81. The quantitative estimate of drug-likeness (QED) is 0.501. The number of anilines is 2. The van der Waals surface area contributed by atoms with Crippen molar-refractivity contribution in [3.05, 3.63) is 41.8 Å². The summed E-state index contributed by atoms with van der Waals surface area (Å²) in [6, 6.07) is 10.2. The van der Waals surface area contributed by atoms with Gasteiger partial charge in [0.25, 0.3) is 0 Å². The van der Waals surface area contributed by atoms with Crippen LogP contribution in [0, 0.1) is 0 Å². The lowest BCUT2D eigenvalue weighted by molar-refractivity contribution is 1.12. The van der Waals surface area contributed by atoms with Gasteiger partial charge in [-0.05, 0) is 12.1 Å². The number of hydrogen-bond acceptors (Lipinski definition) is 5. The molecule has 4 nitrogen and oxygen atoms in total. The van der Waals surface area contributed by atoms with Crippen molar-refractivity contribution in [3.63, 3.8) is 0 Å². The fourth-order valence-corrected chi connectivity index (χ4v) is 2.29. The first kappa shape index (κ1) is 13.0. The highest BCUT2D eigenvalue weighted by molar-refractivity contribution is 7.99. The molecule has 2 rings (SSSR count). The van der Waals surface area contributed by atoms with Crippen LogP contribution in [0.25, 0.3) is 0 Å². The van der Waals surface area contributed by atoms with E-state index in [0.717, 1.165) is 12.3 Å². The fourth-order valence-electron chi connectivity index (χ4n) is 1.37. The van der Waals surface area contributed by atoms with Gasteiger partial charge in [-0.2, -0.15) is 0 Å². The van der Waals surface area contributed by atoms with E-state index in [1.807, 2.05) is 18.2 Å². The lowest BCUT2D eigenvalue weighted by atomic mass is 10.4. The predicted octanol–water partition coefficient (Wildman–Crippen LogP) is 2.92. The minimum atomic E-state index is 0.281. The molecule has 0 unspecified atom stereocenters. The average Bonchev–Trinajstić information content (AvgIpc) is 2.40. The van der Waals surface area contributed by atoms with Crippen molar-refractivity contribution in [1.29, 1.82) is 0 Å². The Bertz CT molecular complexity index is 507. The molecule has 3 N–H and O–H groups in total. The summed E-state index contributed by atoms with van der Waals surface area (Å²) >= 11 is 7.57. The summed E-state index contributed by atoms with van der Waals surface area (Å²) in [5.41, 5.74) is 6.14. The molecule has 0 aliphatic rings. The van der Waals surface area contributed by atoms with E-state index in [4.69, 9.17) is 17.3 Å². The molecule has 0 saturated heterocycles. The van der Waals surface area contributed by atoms with Crippen molar-refractivity contribution < 1.29 is 0 Å². The van der Waals surface area contributed by atoms with Crippen LogP contribution in [-0.4, -0.2) is 22.3 Å². The Morgan fingerprint density at radius 3 is 2.78 bits per heavy atom. The third-order valence-corrected chi connectivity index (χ3v) is 3.56. The van der Waals surface area contributed by atoms with Gasteiger partial charge in [0.2, 0.25) is 0 Å². The van der Waals surface area contributed by atoms with Crippen LogP contribution < -0.4 is 11.1 Å². The van der Waals surface area contributed by atoms with Crippen molar-refractivity contribution in [1.82, 2.24) is 9.97 Å². The lowest BCUT2D eigenvalue weighted by Gasteiger charge is -2.08. The Labute approximate surface area is 115 Å². The number of hydrogen-bond donors (Lipinski definition) is 2. The highest BCUT2D eigenvalue weighted by Gasteiger charge is 2.04. The number of rotatable bonds is 5. The number of nitrogens with one attached hydrogen (secondary N) is 1. The monoisotopic (exact) mass is 280 g/mol. The summed E-state index contributed by atoms with van der Waals surface area (Å²) in [7, 11) is 0. The van der Waals surface area contributed by atoms with Crippen molar-refractivity contribution in [2.75, 3.05) is 23.3 Å². The summed E-state index contributed by atoms with van der Waals surface area (Å²) in [5.74, 6) is 1.51. The van der Waals surface area contributed by atoms with Gasteiger partial charge >= 0.3 is 0 Å². The molecule has 1 heterocycles. The summed E-state index contributed by atoms with van der Waals surface area (Å²) in [4.78, 5) is 9.09. The topological polar surface area (TPSA) is 63.8 Å². The third kappa shape index (κ3) is 3.51. The number of nitrogens with two attached hydrogens (primary N) is 1. The van der Waals surface area contributed by atoms with Crippen LogP contribution in [0.1, 0.15) is 0 Å². The van der Waals surface area contributed by atoms with Gasteiger partial charge in [0, 0.05) is 17.2 Å². The van der Waals surface area contributed by atoms with Gasteiger partial charge in [-0.3, -0.25) is 0 Å². The maximum atomic E-state index is 5.80. The molecule has 6 heteroatoms. The van der Waals surface area contributed by atoms with Gasteiger partial charge in [-0.1, -0.05) is 29.8 Å². The second kappa shape index (κ2) is 6.47. The van der Waals surface area contributed by atoms with Crippen molar-refractivity contribution in [3.8, 4) is 0 Å². The average molecular weight is 281 g/mol. The summed E-state index contributed by atoms with van der Waals surface area (Å²) in [6.45, 7) is 0.761. The summed E-state index contributed by atoms with van der Waals surface area (Å²) in [5, 5.41) is 3.42. The van der Waals surface area contributed by atoms with Crippen molar-refractivity contribution in [2.45, 2.75) is 4.90 Å². The Morgan fingerprint density at radius 2 is 2.00 bits per heavy atom. The van der Waals surface area contributed by atoms with Gasteiger partial charge in [0.1, 0.15) is 12.0 Å². The SMILES string of the molecule is Nc1c(Cl)ncnc1NCCSc1ccccc1. The number of nitrogen functional groups attached to an aromatic ring is 1. The smallest absolute Gasteiger partial charge is 0.157 e. The van der Waals surface area contributed by atoms with Crippen LogP contribution in [-0.2, 0) is 0 Å². The third-order valence-electron chi connectivity index (χ3n) is 2.24. The fraction of sp³-hybridized carbons (Fsp3) is 0.167. The van der Waals surface area contributed by atoms with Crippen LogP contribution in [0.3, 0.4) is 0 Å². The number of nitrogens with zero attached hydrogens (tertiary/aromatic N) is 2. The zero-order valence-electron chi connectivity index (χ0n) is 9.64. The van der Waals surface area contributed by atoms with Gasteiger partial charge in [-0.25, -0.2) is 9.97 Å². The van der Waals surface area contributed by atoms with Gasteiger partial charge in [0.05, 0.1) is 0 Å². The molecule has 0 atom stereocenters. The van der Waals surface area contributed by atoms with Crippen molar-refractivity contribution >= 4 is 34.9 Å². The number of thioether (sulfide) groups is 1. The maximum Gasteiger partial charge on any atom is 0.157 e. The van der Waals surface area contributed by atoms with E-state index in [-0.39, 0.29) is 5.15 Å². The van der Waals surface area contributed by atoms with Crippen LogP contribution >= 0.6 is 23.4 Å². The zero-order valence-corrected chi connectivity index (χ0v) is 11.2. The van der Waals surface area contributed by atoms with Gasteiger partial charge in [0.15, 0.2) is 11.0 Å². The molecule has 18 heavy (non-hydrogen) atoms. The molecule has 0 fully saturated rings. The molecule has 0 aliphatic heterocycles. The molecule has 0 aliphatic carbocycles. The molecule has 1 aromatic carbocycles. The molecule has 1 aromatic heterocycles. The number of aromatic nitrogens is 2. The number of halogens is 1. The summed E-state index contributed by atoms with van der Waals surface area (Å²) < 4.78 is 0. The predicted molar refractivity (Wildman–Crippen MR) is 77.1 cm³/mol. The van der Waals surface area contributed by atoms with Crippen LogP contribution in [0.2, 0.25) is 5.15 Å². The molecule has 0 amide bonds. The first-order valence-corrected chi connectivity index (χ1v) is 6.81. The van der Waals surface area contributed by atoms with E-state index < -0.39 is 0 Å². The normalized spacial score (nSPS) is 10.3. The minimum Gasteiger partial charge on any atom is -0.393 e. The van der Waals surface area contributed by atoms with E-state index in [0.29, 0.717) is 11.5 Å². The molecular formula is C12H13ClN4S. The van der Waals surface area contributed by atoms with Gasteiger partial charge in [-0.15, -0.1) is 11.8 Å².